The van der Waals surface area contributed by atoms with E-state index in [4.69, 9.17) is 0 Å². The Morgan fingerprint density at radius 1 is 1.24 bits per heavy atom. The molecule has 0 unspecified atom stereocenters. The van der Waals surface area contributed by atoms with E-state index in [0.717, 1.165) is 37.5 Å². The molecular formula is C24H29N5O3S2. The first-order valence-corrected chi connectivity index (χ1v) is 13.4. The highest BCUT2D eigenvalue weighted by molar-refractivity contribution is 7.99. The maximum Gasteiger partial charge on any atom is 0.273 e. The SMILES string of the molecule is CCCn1c(SCC(=O)Nc2cccc(C(C)=O)c2)nc2nc(N3CCC(C)CC3)sc2c1=O. The van der Waals surface area contributed by atoms with E-state index in [-0.39, 0.29) is 23.0 Å². The average molecular weight is 500 g/mol. The Morgan fingerprint density at radius 3 is 2.71 bits per heavy atom. The zero-order chi connectivity index (χ0) is 24.2. The van der Waals surface area contributed by atoms with Crippen LogP contribution in [0.25, 0.3) is 10.3 Å². The zero-order valence-corrected chi connectivity index (χ0v) is 21.3. The summed E-state index contributed by atoms with van der Waals surface area (Å²) in [5.74, 6) is 0.509. The molecule has 1 aromatic carbocycles. The summed E-state index contributed by atoms with van der Waals surface area (Å²) < 4.78 is 2.22. The predicted molar refractivity (Wildman–Crippen MR) is 138 cm³/mol. The van der Waals surface area contributed by atoms with Gasteiger partial charge >= 0.3 is 0 Å². The second-order valence-electron chi connectivity index (χ2n) is 8.64. The predicted octanol–water partition coefficient (Wildman–Crippen LogP) is 4.43. The van der Waals surface area contributed by atoms with Crippen molar-refractivity contribution >= 4 is 56.0 Å². The van der Waals surface area contributed by atoms with Crippen LogP contribution in [0.1, 0.15) is 50.4 Å². The fourth-order valence-electron chi connectivity index (χ4n) is 3.89. The van der Waals surface area contributed by atoms with Gasteiger partial charge in [0.25, 0.3) is 5.56 Å². The Kier molecular flexibility index (Phi) is 7.67. The first-order chi connectivity index (χ1) is 16.4. The number of carbonyl (C=O) groups is 2. The molecule has 1 aliphatic rings. The summed E-state index contributed by atoms with van der Waals surface area (Å²) in [4.78, 5) is 49.0. The number of piperidine rings is 1. The third-order valence-electron chi connectivity index (χ3n) is 5.86. The molecule has 3 heterocycles. The molecule has 1 N–H and O–H groups in total. The Labute approximate surface area is 206 Å². The minimum Gasteiger partial charge on any atom is -0.348 e. The molecule has 0 aliphatic carbocycles. The van der Waals surface area contributed by atoms with E-state index in [2.05, 4.69) is 27.1 Å². The number of thioether (sulfide) groups is 1. The third kappa shape index (κ3) is 5.50. The molecule has 0 radical (unpaired) electrons. The molecule has 0 bridgehead atoms. The van der Waals surface area contributed by atoms with Crippen LogP contribution in [0, 0.1) is 5.92 Å². The number of fused-ring (bicyclic) bond motifs is 1. The Hall–Kier alpha value is -2.72. The first kappa shape index (κ1) is 24.4. The lowest BCUT2D eigenvalue weighted by Gasteiger charge is -2.29. The molecule has 0 saturated carbocycles. The van der Waals surface area contributed by atoms with Crippen LogP contribution in [0.2, 0.25) is 0 Å². The topological polar surface area (TPSA) is 97.2 Å². The van der Waals surface area contributed by atoms with Crippen molar-refractivity contribution in [2.45, 2.75) is 51.7 Å². The lowest BCUT2D eigenvalue weighted by Crippen LogP contribution is -2.32. The van der Waals surface area contributed by atoms with E-state index >= 15 is 0 Å². The Morgan fingerprint density at radius 2 is 2.00 bits per heavy atom. The smallest absolute Gasteiger partial charge is 0.273 e. The van der Waals surface area contributed by atoms with Crippen molar-refractivity contribution in [1.82, 2.24) is 14.5 Å². The highest BCUT2D eigenvalue weighted by atomic mass is 32.2. The standard InChI is InChI=1S/C24H29N5O3S2/c1-4-10-29-22(32)20-21(26-23(34-20)28-11-8-15(2)9-12-28)27-24(29)33-14-19(31)25-18-7-5-6-17(13-18)16(3)30/h5-7,13,15H,4,8-12,14H2,1-3H3,(H,25,31). The highest BCUT2D eigenvalue weighted by Gasteiger charge is 2.22. The molecule has 1 aliphatic heterocycles. The summed E-state index contributed by atoms with van der Waals surface area (Å²) in [5.41, 5.74) is 1.45. The molecular weight excluding hydrogens is 470 g/mol. The second kappa shape index (κ2) is 10.7. The van der Waals surface area contributed by atoms with E-state index in [9.17, 15) is 14.4 Å². The Bertz CT molecular complexity index is 1260. The number of amides is 1. The molecule has 8 nitrogen and oxygen atoms in total. The zero-order valence-electron chi connectivity index (χ0n) is 19.7. The van der Waals surface area contributed by atoms with Crippen molar-refractivity contribution in [3.63, 3.8) is 0 Å². The number of carbonyl (C=O) groups excluding carboxylic acids is 2. The van der Waals surface area contributed by atoms with Crippen LogP contribution in [0.3, 0.4) is 0 Å². The van der Waals surface area contributed by atoms with Crippen molar-refractivity contribution < 1.29 is 9.59 Å². The summed E-state index contributed by atoms with van der Waals surface area (Å²) in [6.45, 7) is 8.17. The summed E-state index contributed by atoms with van der Waals surface area (Å²) in [6, 6.07) is 6.84. The van der Waals surface area contributed by atoms with Gasteiger partial charge in [0, 0.05) is 30.9 Å². The van der Waals surface area contributed by atoms with E-state index < -0.39 is 0 Å². The molecule has 3 aromatic rings. The summed E-state index contributed by atoms with van der Waals surface area (Å²) in [7, 11) is 0. The fraction of sp³-hybridized carbons (Fsp3) is 0.458. The lowest BCUT2D eigenvalue weighted by molar-refractivity contribution is -0.113. The first-order valence-electron chi connectivity index (χ1n) is 11.6. The number of hydrogen-bond acceptors (Lipinski definition) is 8. The number of thiazole rings is 1. The van der Waals surface area contributed by atoms with E-state index in [1.807, 2.05) is 6.92 Å². The van der Waals surface area contributed by atoms with Crippen LogP contribution in [0.4, 0.5) is 10.8 Å². The highest BCUT2D eigenvalue weighted by Crippen LogP contribution is 2.30. The van der Waals surface area contributed by atoms with Gasteiger partial charge in [-0.15, -0.1) is 0 Å². The minimum atomic E-state index is -0.232. The maximum absolute atomic E-state index is 13.3. The van der Waals surface area contributed by atoms with Gasteiger partial charge in [0.05, 0.1) is 5.75 Å². The van der Waals surface area contributed by atoms with Crippen LogP contribution in [0.5, 0.6) is 0 Å². The number of rotatable bonds is 8. The van der Waals surface area contributed by atoms with Gasteiger partial charge in [-0.25, -0.2) is 4.98 Å². The van der Waals surface area contributed by atoms with E-state index in [0.29, 0.717) is 39.2 Å². The molecule has 0 atom stereocenters. The lowest BCUT2D eigenvalue weighted by atomic mass is 10.00. The van der Waals surface area contributed by atoms with Gasteiger partial charge in [0.1, 0.15) is 4.70 Å². The number of Topliss-reactive ketones (excluding diaryl/α,β-unsaturated/α-hetero) is 1. The second-order valence-corrected chi connectivity index (χ2v) is 10.6. The van der Waals surface area contributed by atoms with Crippen molar-refractivity contribution in [1.29, 1.82) is 0 Å². The minimum absolute atomic E-state index is 0.0618. The van der Waals surface area contributed by atoms with Gasteiger partial charge in [-0.1, -0.05) is 49.1 Å². The fourth-order valence-corrected chi connectivity index (χ4v) is 5.71. The number of ketones is 1. The Balaban J connectivity index is 1.53. The third-order valence-corrected chi connectivity index (χ3v) is 7.93. The molecule has 34 heavy (non-hydrogen) atoms. The maximum atomic E-state index is 13.3. The number of nitrogens with zero attached hydrogens (tertiary/aromatic N) is 4. The van der Waals surface area contributed by atoms with Gasteiger partial charge < -0.3 is 10.2 Å². The van der Waals surface area contributed by atoms with E-state index in [1.165, 1.54) is 30.0 Å². The van der Waals surface area contributed by atoms with Crippen molar-refractivity contribution in [2.75, 3.05) is 29.1 Å². The van der Waals surface area contributed by atoms with Crippen molar-refractivity contribution in [2.24, 2.45) is 5.92 Å². The number of aromatic nitrogens is 3. The molecule has 2 aromatic heterocycles. The van der Waals surface area contributed by atoms with Gasteiger partial charge in [-0.05, 0) is 44.2 Å². The van der Waals surface area contributed by atoms with Crippen LogP contribution < -0.4 is 15.8 Å². The van der Waals surface area contributed by atoms with Gasteiger partial charge in [-0.2, -0.15) is 4.98 Å². The number of nitrogens with one attached hydrogen (secondary N) is 1. The normalized spacial score (nSPS) is 14.5. The molecule has 1 saturated heterocycles. The molecule has 1 fully saturated rings. The molecule has 4 rings (SSSR count). The molecule has 1 amide bonds. The number of hydrogen-bond donors (Lipinski definition) is 1. The van der Waals surface area contributed by atoms with Crippen LogP contribution in [0.15, 0.2) is 34.2 Å². The summed E-state index contributed by atoms with van der Waals surface area (Å²) in [6.07, 6.45) is 3.02. The van der Waals surface area contributed by atoms with Gasteiger partial charge in [0.2, 0.25) is 5.91 Å². The van der Waals surface area contributed by atoms with Gasteiger partial charge in [0.15, 0.2) is 21.7 Å². The summed E-state index contributed by atoms with van der Waals surface area (Å²) >= 11 is 2.64. The van der Waals surface area contributed by atoms with Crippen LogP contribution >= 0.6 is 23.1 Å². The van der Waals surface area contributed by atoms with Crippen LogP contribution in [-0.4, -0.2) is 45.1 Å². The molecule has 180 valence electrons. The molecule has 10 heteroatoms. The largest absolute Gasteiger partial charge is 0.348 e. The summed E-state index contributed by atoms with van der Waals surface area (Å²) in [5, 5.41) is 4.16. The monoisotopic (exact) mass is 499 g/mol. The van der Waals surface area contributed by atoms with Crippen LogP contribution in [-0.2, 0) is 11.3 Å². The number of benzene rings is 1. The van der Waals surface area contributed by atoms with E-state index in [1.54, 1.807) is 28.8 Å². The molecule has 0 spiro atoms. The average Bonchev–Trinajstić information content (AvgIpc) is 3.25. The van der Waals surface area contributed by atoms with Crippen molar-refractivity contribution in [3.05, 3.63) is 40.2 Å². The quantitative estimate of drug-likeness (QED) is 0.278. The van der Waals surface area contributed by atoms with Gasteiger partial charge in [-0.3, -0.25) is 19.0 Å². The number of anilines is 2. The van der Waals surface area contributed by atoms with Crippen molar-refractivity contribution in [3.8, 4) is 0 Å².